The molecule has 1 heteroatoms. The average Bonchev–Trinajstić information content (AvgIpc) is 2.02. The number of ether oxygens (including phenoxy) is 1. The molecule has 0 fully saturated rings. The van der Waals surface area contributed by atoms with Crippen LogP contribution < -0.4 is 0 Å². The molecule has 0 aromatic rings. The Morgan fingerprint density at radius 1 is 1.20 bits per heavy atom. The van der Waals surface area contributed by atoms with Gasteiger partial charge >= 0.3 is 0 Å². The maximum absolute atomic E-state index is 5.37. The van der Waals surface area contributed by atoms with Gasteiger partial charge < -0.3 is 4.74 Å². The van der Waals surface area contributed by atoms with Gasteiger partial charge in [0.2, 0.25) is 0 Å². The van der Waals surface area contributed by atoms with Crippen LogP contribution in [0.2, 0.25) is 0 Å². The van der Waals surface area contributed by atoms with E-state index in [0.29, 0.717) is 0 Å². The van der Waals surface area contributed by atoms with Crippen LogP contribution in [-0.4, -0.2) is 6.61 Å². The van der Waals surface area contributed by atoms with Crippen LogP contribution in [0.3, 0.4) is 0 Å². The monoisotopic (exact) mass is 138 g/mol. The quantitative estimate of drug-likeness (QED) is 0.467. The molecule has 0 aromatic heterocycles. The van der Waals surface area contributed by atoms with Crippen molar-refractivity contribution >= 4 is 0 Å². The second-order valence-corrected chi connectivity index (χ2v) is 2.50. The SMILES string of the molecule is C/C1=C/CC/C=C\CCO1. The van der Waals surface area contributed by atoms with Gasteiger partial charge in [0.15, 0.2) is 0 Å². The third-order valence-electron chi connectivity index (χ3n) is 1.55. The van der Waals surface area contributed by atoms with Crippen LogP contribution in [0.15, 0.2) is 24.0 Å². The van der Waals surface area contributed by atoms with Crippen LogP contribution >= 0.6 is 0 Å². The maximum Gasteiger partial charge on any atom is 0.0911 e. The first-order valence-corrected chi connectivity index (χ1v) is 3.84. The highest BCUT2D eigenvalue weighted by molar-refractivity contribution is 4.93. The first kappa shape index (κ1) is 7.39. The molecule has 10 heavy (non-hydrogen) atoms. The Balaban J connectivity index is 2.39. The van der Waals surface area contributed by atoms with E-state index in [-0.39, 0.29) is 0 Å². The Morgan fingerprint density at radius 2 is 2.00 bits per heavy atom. The van der Waals surface area contributed by atoms with Crippen LogP contribution in [0.5, 0.6) is 0 Å². The van der Waals surface area contributed by atoms with Crippen LogP contribution in [0.4, 0.5) is 0 Å². The number of allylic oxidation sites excluding steroid dienone is 3. The molecule has 0 spiro atoms. The van der Waals surface area contributed by atoms with Gasteiger partial charge in [-0.25, -0.2) is 0 Å². The number of hydrogen-bond acceptors (Lipinski definition) is 1. The summed E-state index contributed by atoms with van der Waals surface area (Å²) in [6, 6.07) is 0. The zero-order valence-corrected chi connectivity index (χ0v) is 6.47. The Kier molecular flexibility index (Phi) is 3.07. The van der Waals surface area contributed by atoms with Gasteiger partial charge in [0.1, 0.15) is 0 Å². The van der Waals surface area contributed by atoms with Gasteiger partial charge in [0.25, 0.3) is 0 Å². The first-order valence-electron chi connectivity index (χ1n) is 3.84. The van der Waals surface area contributed by atoms with E-state index in [0.717, 1.165) is 31.6 Å². The highest BCUT2D eigenvalue weighted by Gasteiger charge is 1.90. The minimum absolute atomic E-state index is 0.832. The van der Waals surface area contributed by atoms with E-state index in [1.54, 1.807) is 0 Å². The lowest BCUT2D eigenvalue weighted by atomic mass is 10.2. The van der Waals surface area contributed by atoms with Gasteiger partial charge in [0.05, 0.1) is 12.4 Å². The molecule has 0 saturated heterocycles. The van der Waals surface area contributed by atoms with Gasteiger partial charge in [0, 0.05) is 0 Å². The number of hydrogen-bond donors (Lipinski definition) is 0. The largest absolute Gasteiger partial charge is 0.498 e. The van der Waals surface area contributed by atoms with Gasteiger partial charge in [-0.1, -0.05) is 12.2 Å². The second-order valence-electron chi connectivity index (χ2n) is 2.50. The fourth-order valence-corrected chi connectivity index (χ4v) is 0.965. The Labute approximate surface area is 62.4 Å². The van der Waals surface area contributed by atoms with E-state index in [2.05, 4.69) is 18.2 Å². The summed E-state index contributed by atoms with van der Waals surface area (Å²) in [7, 11) is 0. The maximum atomic E-state index is 5.37. The lowest BCUT2D eigenvalue weighted by Gasteiger charge is -2.01. The fraction of sp³-hybridized carbons (Fsp3) is 0.556. The van der Waals surface area contributed by atoms with Gasteiger partial charge in [-0.15, -0.1) is 0 Å². The Morgan fingerprint density at radius 3 is 2.90 bits per heavy atom. The van der Waals surface area contributed by atoms with Crippen molar-refractivity contribution in [2.24, 2.45) is 0 Å². The molecule has 1 nitrogen and oxygen atoms in total. The van der Waals surface area contributed by atoms with Crippen molar-refractivity contribution in [2.75, 3.05) is 6.61 Å². The van der Waals surface area contributed by atoms with Crippen molar-refractivity contribution in [3.05, 3.63) is 24.0 Å². The molecule has 0 aromatic carbocycles. The van der Waals surface area contributed by atoms with Gasteiger partial charge in [-0.05, 0) is 32.3 Å². The molecule has 1 aliphatic heterocycles. The summed E-state index contributed by atoms with van der Waals surface area (Å²) in [5.41, 5.74) is 0. The first-order chi connectivity index (χ1) is 4.89. The average molecular weight is 138 g/mol. The summed E-state index contributed by atoms with van der Waals surface area (Å²) in [5, 5.41) is 0. The summed E-state index contributed by atoms with van der Waals surface area (Å²) in [4.78, 5) is 0. The molecule has 0 aliphatic carbocycles. The smallest absolute Gasteiger partial charge is 0.0911 e. The Bertz CT molecular complexity index is 145. The minimum Gasteiger partial charge on any atom is -0.498 e. The zero-order chi connectivity index (χ0) is 7.23. The van der Waals surface area contributed by atoms with Crippen molar-refractivity contribution in [2.45, 2.75) is 26.2 Å². The van der Waals surface area contributed by atoms with Crippen LogP contribution in [0, 0.1) is 0 Å². The summed E-state index contributed by atoms with van der Waals surface area (Å²) < 4.78 is 5.37. The predicted octanol–water partition coefficient (Wildman–Crippen LogP) is 2.65. The van der Waals surface area contributed by atoms with Crippen molar-refractivity contribution in [3.63, 3.8) is 0 Å². The molecule has 0 unspecified atom stereocenters. The minimum atomic E-state index is 0.832. The Hall–Kier alpha value is -0.720. The molecular weight excluding hydrogens is 124 g/mol. The second kappa shape index (κ2) is 4.15. The molecule has 0 saturated carbocycles. The molecule has 1 aliphatic rings. The van der Waals surface area contributed by atoms with Crippen LogP contribution in [-0.2, 0) is 4.74 Å². The summed E-state index contributed by atoms with van der Waals surface area (Å²) in [6.07, 6.45) is 9.87. The van der Waals surface area contributed by atoms with Crippen molar-refractivity contribution < 1.29 is 4.74 Å². The third kappa shape index (κ3) is 2.72. The molecule has 1 heterocycles. The highest BCUT2D eigenvalue weighted by atomic mass is 16.5. The van der Waals surface area contributed by atoms with Crippen molar-refractivity contribution in [1.29, 1.82) is 0 Å². The van der Waals surface area contributed by atoms with E-state index in [1.165, 1.54) is 0 Å². The van der Waals surface area contributed by atoms with Gasteiger partial charge in [-0.3, -0.25) is 0 Å². The summed E-state index contributed by atoms with van der Waals surface area (Å²) in [5.74, 6) is 1.07. The molecule has 56 valence electrons. The van der Waals surface area contributed by atoms with Crippen molar-refractivity contribution in [1.82, 2.24) is 0 Å². The van der Waals surface area contributed by atoms with E-state index in [1.807, 2.05) is 6.92 Å². The predicted molar refractivity (Wildman–Crippen MR) is 42.7 cm³/mol. The molecule has 0 amide bonds. The molecule has 1 rings (SSSR count). The molecule has 0 N–H and O–H groups in total. The van der Waals surface area contributed by atoms with E-state index >= 15 is 0 Å². The fourth-order valence-electron chi connectivity index (χ4n) is 0.965. The summed E-state index contributed by atoms with van der Waals surface area (Å²) >= 11 is 0. The molecule has 0 radical (unpaired) electrons. The topological polar surface area (TPSA) is 9.23 Å². The number of rotatable bonds is 0. The van der Waals surface area contributed by atoms with E-state index in [4.69, 9.17) is 4.74 Å². The third-order valence-corrected chi connectivity index (χ3v) is 1.55. The molecule has 0 atom stereocenters. The van der Waals surface area contributed by atoms with Crippen molar-refractivity contribution in [3.8, 4) is 0 Å². The molecular formula is C9H14O. The lowest BCUT2D eigenvalue weighted by Crippen LogP contribution is -1.88. The van der Waals surface area contributed by atoms with Crippen LogP contribution in [0.25, 0.3) is 0 Å². The van der Waals surface area contributed by atoms with Gasteiger partial charge in [-0.2, -0.15) is 0 Å². The summed E-state index contributed by atoms with van der Waals surface area (Å²) in [6.45, 7) is 2.85. The zero-order valence-electron chi connectivity index (χ0n) is 6.47. The lowest BCUT2D eigenvalue weighted by molar-refractivity contribution is 0.219. The molecule has 0 bridgehead atoms. The normalized spacial score (nSPS) is 28.3. The van der Waals surface area contributed by atoms with Crippen LogP contribution in [0.1, 0.15) is 26.2 Å². The standard InChI is InChI=1S/C9H14O/c1-9-7-5-3-2-4-6-8-10-9/h2,4,7H,3,5-6,8H2,1H3/b4-2-,9-7-. The van der Waals surface area contributed by atoms with E-state index < -0.39 is 0 Å². The highest BCUT2D eigenvalue weighted by Crippen LogP contribution is 2.04. The van der Waals surface area contributed by atoms with E-state index in [9.17, 15) is 0 Å².